The summed E-state index contributed by atoms with van der Waals surface area (Å²) in [6.07, 6.45) is 1.38. The van der Waals surface area contributed by atoms with E-state index in [9.17, 15) is 10.1 Å². The molecule has 0 aromatic rings. The maximum Gasteiger partial charge on any atom is 0.294 e. The molecule has 0 atom stereocenters. The van der Waals surface area contributed by atoms with Gasteiger partial charge in [0, 0.05) is 0 Å². The van der Waals surface area contributed by atoms with Crippen LogP contribution in [0.15, 0.2) is 0 Å². The van der Waals surface area contributed by atoms with Gasteiger partial charge in [0.2, 0.25) is 0 Å². The summed E-state index contributed by atoms with van der Waals surface area (Å²) in [6, 6.07) is 0. The summed E-state index contributed by atoms with van der Waals surface area (Å²) >= 11 is 0. The lowest BCUT2D eigenvalue weighted by molar-refractivity contribution is -0.761. The summed E-state index contributed by atoms with van der Waals surface area (Å²) in [5.41, 5.74) is -0.892. The van der Waals surface area contributed by atoms with Crippen molar-refractivity contribution in [1.29, 1.82) is 0 Å². The first-order valence-electron chi connectivity index (χ1n) is 5.22. The summed E-state index contributed by atoms with van der Waals surface area (Å²) in [4.78, 5) is 14.6. The van der Waals surface area contributed by atoms with Crippen LogP contribution in [0.5, 0.6) is 0 Å². The average molecular weight is 219 g/mol. The van der Waals surface area contributed by atoms with Gasteiger partial charge in [-0.1, -0.05) is 13.8 Å². The first-order valence-corrected chi connectivity index (χ1v) is 5.22. The van der Waals surface area contributed by atoms with Gasteiger partial charge in [-0.2, -0.15) is 0 Å². The third-order valence-corrected chi connectivity index (χ3v) is 2.24. The molecule has 90 valence electrons. The highest BCUT2D eigenvalue weighted by Crippen LogP contribution is 2.27. The summed E-state index contributed by atoms with van der Waals surface area (Å²) in [5.74, 6) is 0. The van der Waals surface area contributed by atoms with Crippen LogP contribution in [-0.4, -0.2) is 22.9 Å². The largest absolute Gasteiger partial charge is 0.367 e. The maximum atomic E-state index is 10.2. The number of hydrogen-bond donors (Lipinski definition) is 0. The second kappa shape index (κ2) is 5.30. The van der Waals surface area contributed by atoms with Gasteiger partial charge in [0.1, 0.15) is 6.61 Å². The minimum atomic E-state index is -0.772. The lowest BCUT2D eigenvalue weighted by Crippen LogP contribution is -2.43. The van der Waals surface area contributed by atoms with Crippen LogP contribution >= 0.6 is 0 Å². The van der Waals surface area contributed by atoms with E-state index in [0.717, 1.165) is 0 Å². The van der Waals surface area contributed by atoms with Crippen molar-refractivity contribution in [2.75, 3.05) is 6.61 Å². The Morgan fingerprint density at radius 1 is 1.20 bits per heavy atom. The van der Waals surface area contributed by atoms with Crippen molar-refractivity contribution < 1.29 is 14.7 Å². The van der Waals surface area contributed by atoms with Crippen molar-refractivity contribution in [1.82, 2.24) is 0 Å². The highest BCUT2D eigenvalue weighted by molar-refractivity contribution is 4.80. The molecule has 0 aliphatic rings. The predicted molar refractivity (Wildman–Crippen MR) is 57.1 cm³/mol. The van der Waals surface area contributed by atoms with E-state index in [-0.39, 0.29) is 12.2 Å². The number of ether oxygens (including phenoxy) is 1. The normalized spacial score (nSPS) is 12.6. The van der Waals surface area contributed by atoms with E-state index in [2.05, 4.69) is 4.84 Å². The molecule has 0 rings (SSSR count). The Kier molecular flexibility index (Phi) is 5.00. The zero-order chi connectivity index (χ0) is 12.1. The van der Waals surface area contributed by atoms with E-state index in [1.165, 1.54) is 0 Å². The summed E-state index contributed by atoms with van der Waals surface area (Å²) in [7, 11) is 0. The second-order valence-electron chi connectivity index (χ2n) is 4.60. The zero-order valence-corrected chi connectivity index (χ0v) is 10.2. The minimum Gasteiger partial charge on any atom is -0.367 e. The first-order chi connectivity index (χ1) is 6.74. The average Bonchev–Trinajstić information content (AvgIpc) is 2.10. The fourth-order valence-electron chi connectivity index (χ4n) is 1.45. The van der Waals surface area contributed by atoms with Crippen LogP contribution in [0, 0.1) is 10.1 Å². The summed E-state index contributed by atoms with van der Waals surface area (Å²) in [6.45, 7) is 9.67. The van der Waals surface area contributed by atoms with Crippen LogP contribution in [0.3, 0.4) is 0 Å². The van der Waals surface area contributed by atoms with Gasteiger partial charge in [0.25, 0.3) is 5.09 Å². The number of nitrogens with zero attached hydrogens (tertiary/aromatic N) is 1. The van der Waals surface area contributed by atoms with Gasteiger partial charge in [-0.3, -0.25) is 0 Å². The van der Waals surface area contributed by atoms with Gasteiger partial charge in [-0.15, -0.1) is 10.1 Å². The monoisotopic (exact) mass is 219 g/mol. The quantitative estimate of drug-likeness (QED) is 0.508. The van der Waals surface area contributed by atoms with Crippen molar-refractivity contribution in [3.05, 3.63) is 10.1 Å². The second-order valence-corrected chi connectivity index (χ2v) is 4.60. The van der Waals surface area contributed by atoms with E-state index in [1.807, 2.05) is 34.6 Å². The van der Waals surface area contributed by atoms with E-state index >= 15 is 0 Å². The smallest absolute Gasteiger partial charge is 0.294 e. The van der Waals surface area contributed by atoms with Crippen molar-refractivity contribution in [3.63, 3.8) is 0 Å². The lowest BCUT2D eigenvalue weighted by Gasteiger charge is -2.37. The highest BCUT2D eigenvalue weighted by Gasteiger charge is 2.33. The Labute approximate surface area is 90.9 Å². The standard InChI is InChI=1S/C10H21NO4/c1-6-10(7-2,8-14-11(12)13)15-9(3,4)5/h6-8H2,1-5H3. The van der Waals surface area contributed by atoms with Crippen LogP contribution in [0.1, 0.15) is 47.5 Å². The Balaban J connectivity index is 4.50. The first kappa shape index (κ1) is 14.2. The van der Waals surface area contributed by atoms with Gasteiger partial charge in [0.05, 0.1) is 11.2 Å². The van der Waals surface area contributed by atoms with E-state index < -0.39 is 10.7 Å². The molecule has 15 heavy (non-hydrogen) atoms. The Morgan fingerprint density at radius 3 is 1.93 bits per heavy atom. The molecule has 0 bridgehead atoms. The van der Waals surface area contributed by atoms with Crippen LogP contribution < -0.4 is 0 Å². The van der Waals surface area contributed by atoms with Crippen LogP contribution in [0.2, 0.25) is 0 Å². The molecule has 0 spiro atoms. The molecule has 0 N–H and O–H groups in total. The molecule has 0 saturated heterocycles. The van der Waals surface area contributed by atoms with E-state index in [0.29, 0.717) is 12.8 Å². The molecule has 0 unspecified atom stereocenters. The SMILES string of the molecule is CCC(CC)(CO[N+](=O)[O-])OC(C)(C)C. The molecule has 0 aromatic heterocycles. The molecule has 0 aliphatic heterocycles. The van der Waals surface area contributed by atoms with E-state index in [1.54, 1.807) is 0 Å². The van der Waals surface area contributed by atoms with Crippen molar-refractivity contribution >= 4 is 0 Å². The third-order valence-electron chi connectivity index (χ3n) is 2.24. The fraction of sp³-hybridized carbons (Fsp3) is 1.00. The van der Waals surface area contributed by atoms with Gasteiger partial charge in [-0.25, -0.2) is 0 Å². The molecule has 5 nitrogen and oxygen atoms in total. The van der Waals surface area contributed by atoms with Crippen molar-refractivity contribution in [2.45, 2.75) is 58.7 Å². The Morgan fingerprint density at radius 2 is 1.67 bits per heavy atom. The van der Waals surface area contributed by atoms with Crippen LogP contribution in [-0.2, 0) is 9.57 Å². The van der Waals surface area contributed by atoms with Crippen molar-refractivity contribution in [2.24, 2.45) is 0 Å². The molecule has 0 fully saturated rings. The number of hydrogen-bond acceptors (Lipinski definition) is 4. The molecule has 5 heteroatoms. The van der Waals surface area contributed by atoms with E-state index in [4.69, 9.17) is 4.74 Å². The summed E-state index contributed by atoms with van der Waals surface area (Å²) < 4.78 is 5.84. The zero-order valence-electron chi connectivity index (χ0n) is 10.2. The summed E-state index contributed by atoms with van der Waals surface area (Å²) in [5, 5.41) is 9.40. The fourth-order valence-corrected chi connectivity index (χ4v) is 1.45. The number of rotatable bonds is 6. The molecule has 0 aromatic carbocycles. The molecule has 0 heterocycles. The van der Waals surface area contributed by atoms with Crippen molar-refractivity contribution in [3.8, 4) is 0 Å². The predicted octanol–water partition coefficient (Wildman–Crippen LogP) is 2.57. The Hall–Kier alpha value is -0.840. The Bertz CT molecular complexity index is 206. The highest BCUT2D eigenvalue weighted by atomic mass is 17.0. The molecule has 0 aliphatic carbocycles. The molecular formula is C10H21NO4. The van der Waals surface area contributed by atoms with Crippen LogP contribution in [0.4, 0.5) is 0 Å². The van der Waals surface area contributed by atoms with Gasteiger partial charge in [-0.05, 0) is 33.6 Å². The molecule has 0 saturated carbocycles. The van der Waals surface area contributed by atoms with Gasteiger partial charge >= 0.3 is 0 Å². The molecular weight excluding hydrogens is 198 g/mol. The van der Waals surface area contributed by atoms with Gasteiger partial charge < -0.3 is 9.57 Å². The minimum absolute atomic E-state index is 0.00965. The maximum absolute atomic E-state index is 10.2. The topological polar surface area (TPSA) is 61.6 Å². The third kappa shape index (κ3) is 5.57. The van der Waals surface area contributed by atoms with Gasteiger partial charge in [0.15, 0.2) is 0 Å². The molecule has 0 amide bonds. The van der Waals surface area contributed by atoms with Crippen LogP contribution in [0.25, 0.3) is 0 Å². The lowest BCUT2D eigenvalue weighted by atomic mass is 9.96. The molecule has 0 radical (unpaired) electrons.